The van der Waals surface area contributed by atoms with E-state index in [4.69, 9.17) is 5.11 Å². The average molecular weight is 318 g/mol. The van der Waals surface area contributed by atoms with Crippen LogP contribution in [0.1, 0.15) is 23.7 Å². The summed E-state index contributed by atoms with van der Waals surface area (Å²) in [5.74, 6) is -8.35. The molecule has 0 fully saturated rings. The number of carboxylic acids is 1. The van der Waals surface area contributed by atoms with Crippen molar-refractivity contribution >= 4 is 11.9 Å². The third kappa shape index (κ3) is 3.99. The molecule has 0 bridgehead atoms. The Labute approximate surface area is 125 Å². The average Bonchev–Trinajstić information content (AvgIpc) is 2.51. The van der Waals surface area contributed by atoms with Gasteiger partial charge in [-0.05, 0) is 18.6 Å². The molecule has 0 aliphatic rings. The van der Waals surface area contributed by atoms with Crippen molar-refractivity contribution in [1.82, 2.24) is 0 Å². The minimum absolute atomic E-state index is 0.0909. The highest BCUT2D eigenvalue weighted by Crippen LogP contribution is 2.27. The number of carboxylic acid groups (broad SMARTS) is 1. The van der Waals surface area contributed by atoms with Crippen molar-refractivity contribution in [3.05, 3.63) is 35.9 Å². The first-order valence-electron chi connectivity index (χ1n) is 6.45. The topological polar surface area (TPSA) is 104 Å². The van der Waals surface area contributed by atoms with Gasteiger partial charge in [-0.15, -0.1) is 0 Å². The first-order chi connectivity index (χ1) is 10.2. The molecule has 8 heteroatoms. The molecule has 0 saturated heterocycles. The molecule has 0 radical (unpaired) electrons. The Bertz CT molecular complexity index is 519. The number of rotatable bonds is 7. The quantitative estimate of drug-likeness (QED) is 0.650. The number of esters is 1. The second-order valence-electron chi connectivity index (χ2n) is 4.59. The number of carbonyl (C=O) groups is 2. The fourth-order valence-corrected chi connectivity index (χ4v) is 1.68. The molecule has 1 aromatic rings. The lowest BCUT2D eigenvalue weighted by molar-refractivity contribution is -0.202. The zero-order chi connectivity index (χ0) is 16.9. The zero-order valence-electron chi connectivity index (χ0n) is 11.6. The fourth-order valence-electron chi connectivity index (χ4n) is 1.68. The third-order valence-electron chi connectivity index (χ3n) is 3.01. The van der Waals surface area contributed by atoms with Crippen LogP contribution in [0, 0.1) is 0 Å². The van der Waals surface area contributed by atoms with Gasteiger partial charge >= 0.3 is 17.9 Å². The highest BCUT2D eigenvalue weighted by Gasteiger charge is 2.55. The Balaban J connectivity index is 3.06. The molecule has 0 heterocycles. The maximum absolute atomic E-state index is 13.7. The van der Waals surface area contributed by atoms with Crippen LogP contribution < -0.4 is 0 Å². The zero-order valence-corrected chi connectivity index (χ0v) is 11.6. The summed E-state index contributed by atoms with van der Waals surface area (Å²) in [5, 5.41) is 27.7. The molecule has 3 N–H and O–H groups in total. The van der Waals surface area contributed by atoms with E-state index >= 15 is 0 Å². The molecule has 0 aliphatic heterocycles. The first-order valence-corrected chi connectivity index (χ1v) is 6.45. The van der Waals surface area contributed by atoms with Crippen molar-refractivity contribution in [2.24, 2.45) is 0 Å². The van der Waals surface area contributed by atoms with Crippen LogP contribution in [0.2, 0.25) is 0 Å². The van der Waals surface area contributed by atoms with Crippen molar-refractivity contribution < 1.29 is 38.4 Å². The number of ether oxygens (including phenoxy) is 1. The molecular weight excluding hydrogens is 302 g/mol. The number of hydrogen-bond acceptors (Lipinski definition) is 5. The summed E-state index contributed by atoms with van der Waals surface area (Å²) in [6.07, 6.45) is -6.76. The molecule has 1 aromatic carbocycles. The number of halogens is 2. The van der Waals surface area contributed by atoms with E-state index in [1.165, 1.54) is 31.2 Å². The summed E-state index contributed by atoms with van der Waals surface area (Å²) in [5.41, 5.74) is -0.0909. The Hall–Kier alpha value is -2.06. The summed E-state index contributed by atoms with van der Waals surface area (Å²) in [6.45, 7) is 1.39. The van der Waals surface area contributed by atoms with Crippen LogP contribution in [0.25, 0.3) is 0 Å². The Kier molecular flexibility index (Phi) is 5.95. The molecule has 22 heavy (non-hydrogen) atoms. The second kappa shape index (κ2) is 7.28. The Morgan fingerprint density at radius 2 is 1.77 bits per heavy atom. The van der Waals surface area contributed by atoms with Gasteiger partial charge in [-0.2, -0.15) is 8.78 Å². The van der Waals surface area contributed by atoms with Crippen molar-refractivity contribution in [1.29, 1.82) is 0 Å². The van der Waals surface area contributed by atoms with Crippen molar-refractivity contribution in [2.45, 2.75) is 37.6 Å². The third-order valence-corrected chi connectivity index (χ3v) is 3.01. The minimum atomic E-state index is -4.56. The van der Waals surface area contributed by atoms with E-state index in [0.717, 1.165) is 0 Å². The lowest BCUT2D eigenvalue weighted by Crippen LogP contribution is -2.54. The maximum Gasteiger partial charge on any atom is 0.381 e. The summed E-state index contributed by atoms with van der Waals surface area (Å²) in [6, 6.07) is 7.05. The molecule has 0 aliphatic carbocycles. The molecule has 0 spiro atoms. The number of hydrogen-bond donors (Lipinski definition) is 3. The lowest BCUT2D eigenvalue weighted by Gasteiger charge is -2.29. The maximum atomic E-state index is 13.7. The Morgan fingerprint density at radius 1 is 1.23 bits per heavy atom. The SMILES string of the molecule is CCC(O)C(O)C(OC(=O)c1ccccc1)C(F)(F)C(=O)O. The van der Waals surface area contributed by atoms with Crippen LogP contribution >= 0.6 is 0 Å². The van der Waals surface area contributed by atoms with Crippen LogP contribution in [0.15, 0.2) is 30.3 Å². The van der Waals surface area contributed by atoms with Gasteiger partial charge in [-0.1, -0.05) is 25.1 Å². The van der Waals surface area contributed by atoms with Crippen LogP contribution in [0.4, 0.5) is 8.78 Å². The normalized spacial score (nSPS) is 15.7. The number of aliphatic carboxylic acids is 1. The molecule has 0 saturated carbocycles. The van der Waals surface area contributed by atoms with Gasteiger partial charge in [0.1, 0.15) is 6.10 Å². The smallest absolute Gasteiger partial charge is 0.381 e. The molecule has 1 rings (SSSR count). The monoisotopic (exact) mass is 318 g/mol. The van der Waals surface area contributed by atoms with E-state index in [2.05, 4.69) is 4.74 Å². The van der Waals surface area contributed by atoms with Crippen LogP contribution in [-0.4, -0.2) is 51.5 Å². The summed E-state index contributed by atoms with van der Waals surface area (Å²) in [4.78, 5) is 22.5. The lowest BCUT2D eigenvalue weighted by atomic mass is 10.00. The van der Waals surface area contributed by atoms with Gasteiger partial charge in [-0.25, -0.2) is 9.59 Å². The van der Waals surface area contributed by atoms with Crippen molar-refractivity contribution in [3.63, 3.8) is 0 Å². The number of carbonyl (C=O) groups excluding carboxylic acids is 1. The standard InChI is InChI=1S/C14H16F2O6/c1-2-9(17)10(18)11(14(15,16)13(20)21)22-12(19)8-6-4-3-5-7-8/h3-7,9-11,17-18H,2H2,1H3,(H,20,21). The molecule has 122 valence electrons. The molecule has 3 unspecified atom stereocenters. The minimum Gasteiger partial charge on any atom is -0.477 e. The van der Waals surface area contributed by atoms with E-state index in [1.807, 2.05) is 0 Å². The second-order valence-corrected chi connectivity index (χ2v) is 4.59. The van der Waals surface area contributed by atoms with Gasteiger partial charge in [0.25, 0.3) is 0 Å². The van der Waals surface area contributed by atoms with Gasteiger partial charge in [0, 0.05) is 0 Å². The highest BCUT2D eigenvalue weighted by molar-refractivity contribution is 5.90. The molecule has 0 amide bonds. The molecular formula is C14H16F2O6. The highest BCUT2D eigenvalue weighted by atomic mass is 19.3. The molecule has 0 aromatic heterocycles. The van der Waals surface area contributed by atoms with Gasteiger partial charge in [0.05, 0.1) is 11.7 Å². The summed E-state index contributed by atoms with van der Waals surface area (Å²) < 4.78 is 31.8. The van der Waals surface area contributed by atoms with Gasteiger partial charge in [0.15, 0.2) is 0 Å². The van der Waals surface area contributed by atoms with Crippen LogP contribution in [-0.2, 0) is 9.53 Å². The van der Waals surface area contributed by atoms with Gasteiger partial charge in [0.2, 0.25) is 6.10 Å². The predicted molar refractivity (Wildman–Crippen MR) is 70.5 cm³/mol. The van der Waals surface area contributed by atoms with E-state index < -0.39 is 36.2 Å². The van der Waals surface area contributed by atoms with Crippen LogP contribution in [0.5, 0.6) is 0 Å². The van der Waals surface area contributed by atoms with E-state index in [-0.39, 0.29) is 12.0 Å². The first kappa shape index (κ1) is 18.0. The largest absolute Gasteiger partial charge is 0.477 e. The molecule has 6 nitrogen and oxygen atoms in total. The molecule has 3 atom stereocenters. The fraction of sp³-hybridized carbons (Fsp3) is 0.429. The number of aliphatic hydroxyl groups excluding tert-OH is 2. The van der Waals surface area contributed by atoms with Crippen molar-refractivity contribution in [3.8, 4) is 0 Å². The van der Waals surface area contributed by atoms with Crippen LogP contribution in [0.3, 0.4) is 0 Å². The van der Waals surface area contributed by atoms with E-state index in [9.17, 15) is 28.6 Å². The predicted octanol–water partition coefficient (Wildman–Crippen LogP) is 1.06. The number of aliphatic hydroxyl groups is 2. The van der Waals surface area contributed by atoms with E-state index in [0.29, 0.717) is 0 Å². The van der Waals surface area contributed by atoms with E-state index in [1.54, 1.807) is 6.07 Å². The number of benzene rings is 1. The number of alkyl halides is 2. The van der Waals surface area contributed by atoms with Gasteiger partial charge in [-0.3, -0.25) is 0 Å². The van der Waals surface area contributed by atoms with Gasteiger partial charge < -0.3 is 20.1 Å². The Morgan fingerprint density at radius 3 is 2.23 bits per heavy atom. The van der Waals surface area contributed by atoms with Crippen molar-refractivity contribution in [2.75, 3.05) is 0 Å². The summed E-state index contributed by atoms with van der Waals surface area (Å²) >= 11 is 0. The summed E-state index contributed by atoms with van der Waals surface area (Å²) in [7, 11) is 0.